The number of carbonyl (C=O) groups is 1. The van der Waals surface area contributed by atoms with E-state index in [9.17, 15) is 15.0 Å². The molecule has 0 aliphatic rings. The number of aromatic hydroxyl groups is 1. The molecule has 7 nitrogen and oxygen atoms in total. The van der Waals surface area contributed by atoms with E-state index in [-0.39, 0.29) is 11.3 Å². The Morgan fingerprint density at radius 2 is 1.93 bits per heavy atom. The van der Waals surface area contributed by atoms with Crippen LogP contribution in [0.15, 0.2) is 66.7 Å². The third-order valence-electron chi connectivity index (χ3n) is 4.66. The molecule has 29 heavy (non-hydrogen) atoms. The van der Waals surface area contributed by atoms with Crippen molar-refractivity contribution in [2.24, 2.45) is 0 Å². The van der Waals surface area contributed by atoms with Gasteiger partial charge in [0.15, 0.2) is 5.75 Å². The lowest BCUT2D eigenvalue weighted by Crippen LogP contribution is -2.15. The van der Waals surface area contributed by atoms with Crippen molar-refractivity contribution in [2.45, 2.75) is 6.54 Å². The van der Waals surface area contributed by atoms with E-state index in [2.05, 4.69) is 34.2 Å². The number of phenols is 1. The Balaban J connectivity index is 1.59. The molecular weight excluding hydrogens is 388 g/mol. The first kappa shape index (κ1) is 18.7. The van der Waals surface area contributed by atoms with Crippen molar-refractivity contribution in [1.29, 1.82) is 0 Å². The molecule has 0 saturated heterocycles. The molecule has 2 N–H and O–H groups in total. The third kappa shape index (κ3) is 3.70. The maximum Gasteiger partial charge on any atom is 0.339 e. The Morgan fingerprint density at radius 1 is 1.14 bits per heavy atom. The number of benzene rings is 2. The van der Waals surface area contributed by atoms with Crippen molar-refractivity contribution in [3.63, 3.8) is 0 Å². The molecule has 0 amide bonds. The Morgan fingerprint density at radius 3 is 2.62 bits per heavy atom. The van der Waals surface area contributed by atoms with Crippen LogP contribution in [-0.4, -0.2) is 37.8 Å². The zero-order valence-electron chi connectivity index (χ0n) is 15.6. The van der Waals surface area contributed by atoms with Crippen LogP contribution in [0.2, 0.25) is 0 Å². The van der Waals surface area contributed by atoms with E-state index in [1.54, 1.807) is 47.9 Å². The highest BCUT2D eigenvalue weighted by atomic mass is 32.1. The average Bonchev–Trinajstić information content (AvgIpc) is 3.40. The summed E-state index contributed by atoms with van der Waals surface area (Å²) in [5.74, 6) is -0.717. The molecule has 0 bridgehead atoms. The van der Waals surface area contributed by atoms with Crippen LogP contribution in [0.4, 0.5) is 11.5 Å². The van der Waals surface area contributed by atoms with Gasteiger partial charge in [-0.05, 0) is 23.3 Å². The number of carboxylic acid groups (broad SMARTS) is 1. The fraction of sp³-hybridized carbons (Fsp3) is 0.0952. The van der Waals surface area contributed by atoms with Crippen molar-refractivity contribution < 1.29 is 15.0 Å². The maximum absolute atomic E-state index is 11.3. The molecule has 0 saturated carbocycles. The SMILES string of the molecule is CN(c1cccc(C(=O)O)c1O)c1cncn1Cc1ccc(-c2cncs2)cc1. The number of hydrogen-bond donors (Lipinski definition) is 2. The van der Waals surface area contributed by atoms with Gasteiger partial charge in [-0.25, -0.2) is 9.78 Å². The third-order valence-corrected chi connectivity index (χ3v) is 5.49. The summed E-state index contributed by atoms with van der Waals surface area (Å²) in [6.45, 7) is 0.585. The summed E-state index contributed by atoms with van der Waals surface area (Å²) >= 11 is 1.60. The van der Waals surface area contributed by atoms with E-state index >= 15 is 0 Å². The highest BCUT2D eigenvalue weighted by Gasteiger charge is 2.18. The van der Waals surface area contributed by atoms with Crippen molar-refractivity contribution in [1.82, 2.24) is 14.5 Å². The van der Waals surface area contributed by atoms with Gasteiger partial charge in [0, 0.05) is 13.2 Å². The Bertz CT molecular complexity index is 1140. The van der Waals surface area contributed by atoms with E-state index < -0.39 is 5.97 Å². The lowest BCUT2D eigenvalue weighted by molar-refractivity contribution is 0.0694. The van der Waals surface area contributed by atoms with E-state index in [1.165, 1.54) is 6.07 Å². The van der Waals surface area contributed by atoms with Crippen LogP contribution in [0.3, 0.4) is 0 Å². The van der Waals surface area contributed by atoms with Crippen LogP contribution < -0.4 is 4.90 Å². The predicted molar refractivity (Wildman–Crippen MR) is 112 cm³/mol. The lowest BCUT2D eigenvalue weighted by Gasteiger charge is -2.22. The molecule has 4 rings (SSSR count). The van der Waals surface area contributed by atoms with Gasteiger partial charge >= 0.3 is 5.97 Å². The van der Waals surface area contributed by atoms with E-state index in [0.717, 1.165) is 21.8 Å². The monoisotopic (exact) mass is 406 g/mol. The zero-order valence-corrected chi connectivity index (χ0v) is 16.4. The van der Waals surface area contributed by atoms with Gasteiger partial charge in [0.1, 0.15) is 11.4 Å². The lowest BCUT2D eigenvalue weighted by atomic mass is 10.1. The number of thiazole rings is 1. The maximum atomic E-state index is 11.3. The molecule has 0 aliphatic heterocycles. The molecule has 2 heterocycles. The molecule has 146 valence electrons. The van der Waals surface area contributed by atoms with Crippen LogP contribution in [0.25, 0.3) is 10.4 Å². The fourth-order valence-corrected chi connectivity index (χ4v) is 3.77. The second-order valence-corrected chi connectivity index (χ2v) is 7.37. The number of hydrogen-bond acceptors (Lipinski definition) is 6. The van der Waals surface area contributed by atoms with E-state index in [4.69, 9.17) is 0 Å². The number of aromatic nitrogens is 3. The van der Waals surface area contributed by atoms with Gasteiger partial charge in [0.2, 0.25) is 0 Å². The minimum absolute atomic E-state index is 0.140. The van der Waals surface area contributed by atoms with Gasteiger partial charge < -0.3 is 19.7 Å². The molecule has 2 aromatic heterocycles. The highest BCUT2D eigenvalue weighted by Crippen LogP contribution is 2.34. The minimum atomic E-state index is -1.17. The summed E-state index contributed by atoms with van der Waals surface area (Å²) in [5.41, 5.74) is 4.28. The molecule has 0 radical (unpaired) electrons. The van der Waals surface area contributed by atoms with Gasteiger partial charge in [-0.1, -0.05) is 30.3 Å². The largest absolute Gasteiger partial charge is 0.505 e. The fourth-order valence-electron chi connectivity index (χ4n) is 3.14. The van der Waals surface area contributed by atoms with Crippen LogP contribution in [0, 0.1) is 0 Å². The van der Waals surface area contributed by atoms with Crippen LogP contribution in [0.1, 0.15) is 15.9 Å². The zero-order chi connectivity index (χ0) is 20.4. The quantitative estimate of drug-likeness (QED) is 0.498. The van der Waals surface area contributed by atoms with Gasteiger partial charge in [-0.2, -0.15) is 0 Å². The minimum Gasteiger partial charge on any atom is -0.505 e. The van der Waals surface area contributed by atoms with Crippen LogP contribution in [-0.2, 0) is 6.54 Å². The number of nitrogens with zero attached hydrogens (tertiary/aromatic N) is 4. The summed E-state index contributed by atoms with van der Waals surface area (Å²) in [5, 5.41) is 19.6. The molecule has 0 unspecified atom stereocenters. The average molecular weight is 406 g/mol. The summed E-state index contributed by atoms with van der Waals surface area (Å²) in [6, 6.07) is 12.9. The number of rotatable bonds is 6. The van der Waals surface area contributed by atoms with Gasteiger partial charge in [0.05, 0.1) is 35.1 Å². The Hall–Kier alpha value is -3.65. The molecule has 0 fully saturated rings. The van der Waals surface area contributed by atoms with E-state index in [1.807, 2.05) is 16.3 Å². The predicted octanol–water partition coefficient (Wildman–Crippen LogP) is 4.23. The summed E-state index contributed by atoms with van der Waals surface area (Å²) in [7, 11) is 1.76. The van der Waals surface area contributed by atoms with Gasteiger partial charge in [0.25, 0.3) is 0 Å². The second-order valence-electron chi connectivity index (χ2n) is 6.48. The smallest absolute Gasteiger partial charge is 0.339 e. The second kappa shape index (κ2) is 7.76. The van der Waals surface area contributed by atoms with Crippen molar-refractivity contribution in [2.75, 3.05) is 11.9 Å². The number of carboxylic acids is 1. The summed E-state index contributed by atoms with van der Waals surface area (Å²) in [6.07, 6.45) is 5.24. The molecule has 0 spiro atoms. The number of aromatic carboxylic acids is 1. The first-order valence-corrected chi connectivity index (χ1v) is 9.69. The Kier molecular flexibility index (Phi) is 5.01. The molecule has 0 atom stereocenters. The summed E-state index contributed by atoms with van der Waals surface area (Å²) < 4.78 is 1.94. The normalized spacial score (nSPS) is 10.8. The summed E-state index contributed by atoms with van der Waals surface area (Å²) in [4.78, 5) is 22.5. The van der Waals surface area contributed by atoms with Gasteiger partial charge in [-0.15, -0.1) is 11.3 Å². The van der Waals surface area contributed by atoms with Crippen molar-refractivity contribution in [3.8, 4) is 16.2 Å². The van der Waals surface area contributed by atoms with Crippen LogP contribution in [0.5, 0.6) is 5.75 Å². The Labute approximate surface area is 171 Å². The highest BCUT2D eigenvalue weighted by molar-refractivity contribution is 7.13. The van der Waals surface area contributed by atoms with Gasteiger partial charge in [-0.3, -0.25) is 4.98 Å². The van der Waals surface area contributed by atoms with E-state index in [0.29, 0.717) is 12.2 Å². The first-order chi connectivity index (χ1) is 14.0. The topological polar surface area (TPSA) is 91.5 Å². The van der Waals surface area contributed by atoms with Crippen molar-refractivity contribution >= 4 is 28.8 Å². The van der Waals surface area contributed by atoms with Crippen molar-refractivity contribution in [3.05, 3.63) is 77.8 Å². The number of anilines is 2. The molecule has 0 aliphatic carbocycles. The first-order valence-electron chi connectivity index (χ1n) is 8.81. The molecule has 8 heteroatoms. The number of imidazole rings is 1. The van der Waals surface area contributed by atoms with Crippen LogP contribution >= 0.6 is 11.3 Å². The number of para-hydroxylation sites is 1. The molecular formula is C21H18N4O3S. The molecule has 4 aromatic rings. The standard InChI is InChI=1S/C21H18N4O3S/c1-24(17-4-2-3-16(20(17)26)21(27)28)19-10-22-12-25(19)11-14-5-7-15(8-6-14)18-9-23-13-29-18/h2-10,12-13,26H,11H2,1H3,(H,27,28). The molecule has 2 aromatic carbocycles.